The van der Waals surface area contributed by atoms with E-state index in [-0.39, 0.29) is 12.1 Å². The van der Waals surface area contributed by atoms with E-state index in [1.807, 2.05) is 6.92 Å². The zero-order chi connectivity index (χ0) is 19.5. The molecule has 26 heavy (non-hydrogen) atoms. The van der Waals surface area contributed by atoms with E-state index >= 15 is 0 Å². The number of benzene rings is 2. The van der Waals surface area contributed by atoms with Crippen LogP contribution in [0.3, 0.4) is 0 Å². The average Bonchev–Trinajstić information content (AvgIpc) is 2.55. The van der Waals surface area contributed by atoms with Crippen LogP contribution in [0.25, 0.3) is 0 Å². The first-order valence-electron chi connectivity index (χ1n) is 7.95. The fraction of sp³-hybridized carbons (Fsp3) is 0.278. The highest BCUT2D eigenvalue weighted by atomic mass is 79.9. The van der Waals surface area contributed by atoms with Gasteiger partial charge in [0.2, 0.25) is 15.9 Å². The lowest BCUT2D eigenvalue weighted by Crippen LogP contribution is -2.47. The Morgan fingerprint density at radius 3 is 2.35 bits per heavy atom. The maximum atomic E-state index is 14.0. The Bertz CT molecular complexity index is 901. The number of sulfonamides is 1. The molecule has 0 saturated heterocycles. The first-order chi connectivity index (χ1) is 12.1. The summed E-state index contributed by atoms with van der Waals surface area (Å²) in [7, 11) is -3.73. The maximum absolute atomic E-state index is 14.0. The number of hydrogen-bond donors (Lipinski definition) is 1. The van der Waals surface area contributed by atoms with Crippen LogP contribution >= 0.6 is 15.9 Å². The number of rotatable bonds is 6. The molecule has 8 heteroatoms. The maximum Gasteiger partial charge on any atom is 0.248 e. The summed E-state index contributed by atoms with van der Waals surface area (Å²) in [5, 5.41) is 2.48. The predicted octanol–water partition coefficient (Wildman–Crippen LogP) is 4.08. The van der Waals surface area contributed by atoms with Crippen LogP contribution in [0.5, 0.6) is 0 Å². The van der Waals surface area contributed by atoms with Crippen LogP contribution in [-0.4, -0.2) is 26.6 Å². The summed E-state index contributed by atoms with van der Waals surface area (Å²) >= 11 is 3.15. The molecule has 0 fully saturated rings. The third-order valence-electron chi connectivity index (χ3n) is 3.81. The van der Waals surface area contributed by atoms with Crippen LogP contribution in [0.4, 0.5) is 15.8 Å². The molecule has 2 aromatic carbocycles. The van der Waals surface area contributed by atoms with E-state index in [9.17, 15) is 17.6 Å². The number of anilines is 2. The largest absolute Gasteiger partial charge is 0.322 e. The van der Waals surface area contributed by atoms with Crippen molar-refractivity contribution in [1.82, 2.24) is 0 Å². The lowest BCUT2D eigenvalue weighted by Gasteiger charge is -2.30. The van der Waals surface area contributed by atoms with Gasteiger partial charge in [0.05, 0.1) is 17.6 Å². The van der Waals surface area contributed by atoms with Crippen LogP contribution in [0.15, 0.2) is 46.9 Å². The minimum Gasteiger partial charge on any atom is -0.322 e. The summed E-state index contributed by atoms with van der Waals surface area (Å²) in [6, 6.07) is 10.1. The topological polar surface area (TPSA) is 66.5 Å². The number of nitrogens with one attached hydrogen (secondary N) is 1. The first-order valence-corrected chi connectivity index (χ1v) is 10.6. The summed E-state index contributed by atoms with van der Waals surface area (Å²) in [6.45, 7) is 3.59. The van der Waals surface area contributed by atoms with Crippen LogP contribution in [0.1, 0.15) is 18.9 Å². The van der Waals surface area contributed by atoms with E-state index in [2.05, 4.69) is 21.2 Å². The molecular weight excluding hydrogens is 423 g/mol. The van der Waals surface area contributed by atoms with E-state index in [1.165, 1.54) is 12.1 Å². The Hall–Kier alpha value is -1.93. The normalized spacial score (nSPS) is 12.5. The van der Waals surface area contributed by atoms with Gasteiger partial charge in [0.1, 0.15) is 11.9 Å². The van der Waals surface area contributed by atoms with Gasteiger partial charge in [0.25, 0.3) is 0 Å². The predicted molar refractivity (Wildman–Crippen MR) is 105 cm³/mol. The number of nitrogens with zero attached hydrogens (tertiary/aromatic N) is 1. The summed E-state index contributed by atoms with van der Waals surface area (Å²) in [5.41, 5.74) is 1.35. The smallest absolute Gasteiger partial charge is 0.248 e. The highest BCUT2D eigenvalue weighted by Crippen LogP contribution is 2.25. The van der Waals surface area contributed by atoms with Crippen LogP contribution in [0, 0.1) is 12.7 Å². The SMILES string of the molecule is CC[C@H](C(=O)Nc1ccc(Br)cc1F)N(c1ccc(C)cc1)S(C)(=O)=O. The molecule has 0 saturated carbocycles. The molecule has 0 aliphatic rings. The van der Waals surface area contributed by atoms with Crippen molar-refractivity contribution in [2.75, 3.05) is 15.9 Å². The van der Waals surface area contributed by atoms with E-state index in [0.717, 1.165) is 16.1 Å². The molecule has 0 bridgehead atoms. The molecule has 2 aromatic rings. The van der Waals surface area contributed by atoms with Crippen LogP contribution < -0.4 is 9.62 Å². The summed E-state index contributed by atoms with van der Waals surface area (Å²) in [6.07, 6.45) is 1.27. The number of carbonyl (C=O) groups excluding carboxylic acids is 1. The van der Waals surface area contributed by atoms with Gasteiger partial charge < -0.3 is 5.32 Å². The first kappa shape index (κ1) is 20.4. The van der Waals surface area contributed by atoms with Crippen LogP contribution in [-0.2, 0) is 14.8 Å². The molecule has 0 aliphatic heterocycles. The summed E-state index contributed by atoms with van der Waals surface area (Å²) < 4.78 is 40.3. The highest BCUT2D eigenvalue weighted by Gasteiger charge is 2.31. The number of carbonyl (C=O) groups is 1. The standard InChI is InChI=1S/C18H20BrFN2O3S/c1-4-17(18(23)21-16-10-7-13(19)11-15(16)20)22(26(3,24)25)14-8-5-12(2)6-9-14/h5-11,17H,4H2,1-3H3,(H,21,23)/t17-/m1/s1. The van der Waals surface area contributed by atoms with Crippen molar-refractivity contribution >= 4 is 43.2 Å². The Morgan fingerprint density at radius 2 is 1.85 bits per heavy atom. The van der Waals surface area contributed by atoms with E-state index in [0.29, 0.717) is 10.2 Å². The monoisotopic (exact) mass is 442 g/mol. The number of aryl methyl sites for hydroxylation is 1. The second-order valence-electron chi connectivity index (χ2n) is 5.93. The zero-order valence-electron chi connectivity index (χ0n) is 14.7. The summed E-state index contributed by atoms with van der Waals surface area (Å²) in [4.78, 5) is 12.7. The molecule has 1 amide bonds. The third kappa shape index (κ3) is 4.82. The highest BCUT2D eigenvalue weighted by molar-refractivity contribution is 9.10. The fourth-order valence-corrected chi connectivity index (χ4v) is 4.10. The van der Waals surface area contributed by atoms with E-state index in [4.69, 9.17) is 0 Å². The third-order valence-corrected chi connectivity index (χ3v) is 5.48. The van der Waals surface area contributed by atoms with Crippen LogP contribution in [0.2, 0.25) is 0 Å². The molecule has 0 aromatic heterocycles. The average molecular weight is 443 g/mol. The lowest BCUT2D eigenvalue weighted by atomic mass is 10.1. The number of amides is 1. The van der Waals surface area contributed by atoms with Crippen molar-refractivity contribution in [3.05, 3.63) is 58.3 Å². The Morgan fingerprint density at radius 1 is 1.23 bits per heavy atom. The Kier molecular flexibility index (Phi) is 6.41. The van der Waals surface area contributed by atoms with Gasteiger partial charge in [-0.15, -0.1) is 0 Å². The molecule has 0 aliphatic carbocycles. The minimum absolute atomic E-state index is 0.00555. The fourth-order valence-electron chi connectivity index (χ4n) is 2.56. The van der Waals surface area contributed by atoms with Crippen molar-refractivity contribution < 1.29 is 17.6 Å². The van der Waals surface area contributed by atoms with Gasteiger partial charge in [-0.1, -0.05) is 40.5 Å². The van der Waals surface area contributed by atoms with Gasteiger partial charge in [-0.2, -0.15) is 0 Å². The molecule has 0 unspecified atom stereocenters. The molecule has 5 nitrogen and oxygen atoms in total. The second-order valence-corrected chi connectivity index (χ2v) is 8.71. The second kappa shape index (κ2) is 8.18. The Labute approximate surface area is 161 Å². The molecule has 2 rings (SSSR count). The zero-order valence-corrected chi connectivity index (χ0v) is 17.1. The molecule has 1 atom stereocenters. The van der Waals surface area contributed by atoms with Crippen molar-refractivity contribution in [2.24, 2.45) is 0 Å². The molecule has 0 spiro atoms. The lowest BCUT2D eigenvalue weighted by molar-refractivity contribution is -0.117. The molecule has 0 heterocycles. The van der Waals surface area contributed by atoms with Gasteiger partial charge >= 0.3 is 0 Å². The van der Waals surface area contributed by atoms with Gasteiger partial charge in [0.15, 0.2) is 0 Å². The van der Waals surface area contributed by atoms with E-state index < -0.39 is 27.8 Å². The number of hydrogen-bond acceptors (Lipinski definition) is 3. The Balaban J connectivity index is 2.38. The summed E-state index contributed by atoms with van der Waals surface area (Å²) in [5.74, 6) is -1.21. The molecular formula is C18H20BrFN2O3S. The number of halogens is 2. The van der Waals surface area contributed by atoms with Gasteiger partial charge in [0, 0.05) is 4.47 Å². The molecule has 140 valence electrons. The van der Waals surface area contributed by atoms with Gasteiger partial charge in [-0.3, -0.25) is 9.10 Å². The molecule has 0 radical (unpaired) electrons. The van der Waals surface area contributed by atoms with Crippen molar-refractivity contribution in [3.63, 3.8) is 0 Å². The van der Waals surface area contributed by atoms with Crippen molar-refractivity contribution in [3.8, 4) is 0 Å². The van der Waals surface area contributed by atoms with Crippen molar-refractivity contribution in [1.29, 1.82) is 0 Å². The van der Waals surface area contributed by atoms with E-state index in [1.54, 1.807) is 37.3 Å². The van der Waals surface area contributed by atoms with Gasteiger partial charge in [-0.25, -0.2) is 12.8 Å². The van der Waals surface area contributed by atoms with Crippen molar-refractivity contribution in [2.45, 2.75) is 26.3 Å². The minimum atomic E-state index is -3.73. The quantitative estimate of drug-likeness (QED) is 0.732. The molecule has 1 N–H and O–H groups in total. The van der Waals surface area contributed by atoms with Gasteiger partial charge in [-0.05, 0) is 43.7 Å².